The van der Waals surface area contributed by atoms with Crippen molar-refractivity contribution in [2.24, 2.45) is 0 Å². The maximum absolute atomic E-state index is 13.2. The molecule has 1 N–H and O–H groups in total. The Hall–Kier alpha value is -4.37. The lowest BCUT2D eigenvalue weighted by Gasteiger charge is -2.32. The highest BCUT2D eigenvalue weighted by Crippen LogP contribution is 2.29. The Bertz CT molecular complexity index is 1450. The van der Waals surface area contributed by atoms with Gasteiger partial charge >= 0.3 is 0 Å². The molecule has 2 fully saturated rings. The topological polar surface area (TPSA) is 96.0 Å². The van der Waals surface area contributed by atoms with Crippen molar-refractivity contribution in [2.75, 3.05) is 13.1 Å². The molecule has 1 unspecified atom stereocenters. The predicted molar refractivity (Wildman–Crippen MR) is 154 cm³/mol. The Kier molecular flexibility index (Phi) is 9.07. The number of nitrogens with zero attached hydrogens (tertiary/aromatic N) is 2. The van der Waals surface area contributed by atoms with Gasteiger partial charge in [-0.25, -0.2) is 4.39 Å². The summed E-state index contributed by atoms with van der Waals surface area (Å²) in [4.78, 5) is 52.0. The summed E-state index contributed by atoms with van der Waals surface area (Å²) >= 11 is 0. The standard InChI is InChI=1S/C33H34FN3O5/c1-22-28(33(41)37(21-38)29-13-14-31(39)35-32(29)40)3-2-4-30(22)42-20-24-7-5-23(6-8-24)19-36-17-15-26(16-18-36)25-9-11-27(34)12-10-25/h2-12,21,26,29H,13-20H2,1H3,(H,35,39,40). The summed E-state index contributed by atoms with van der Waals surface area (Å²) < 4.78 is 19.3. The molecule has 0 spiro atoms. The number of halogens is 1. The van der Waals surface area contributed by atoms with Crippen LogP contribution in [0.5, 0.6) is 5.75 Å². The smallest absolute Gasteiger partial charge is 0.261 e. The first-order chi connectivity index (χ1) is 20.3. The SMILES string of the molecule is Cc1c(OCc2ccc(CN3CCC(c4ccc(F)cc4)CC3)cc2)cccc1C(=O)N(C=O)C1CCC(=O)NC1=O. The Balaban J connectivity index is 1.15. The number of carbonyl (C=O) groups is 4. The molecule has 42 heavy (non-hydrogen) atoms. The van der Waals surface area contributed by atoms with Crippen LogP contribution in [0.1, 0.15) is 64.2 Å². The third-order valence-corrected chi connectivity index (χ3v) is 8.16. The lowest BCUT2D eigenvalue weighted by molar-refractivity contribution is -0.139. The quantitative estimate of drug-likeness (QED) is 0.300. The van der Waals surface area contributed by atoms with Crippen LogP contribution in [0.4, 0.5) is 4.39 Å². The maximum Gasteiger partial charge on any atom is 0.261 e. The monoisotopic (exact) mass is 571 g/mol. The van der Waals surface area contributed by atoms with Crippen LogP contribution in [0.25, 0.3) is 0 Å². The van der Waals surface area contributed by atoms with Gasteiger partial charge in [-0.05, 0) is 86.1 Å². The van der Waals surface area contributed by atoms with E-state index in [-0.39, 0.29) is 24.2 Å². The number of amides is 4. The molecule has 218 valence electrons. The predicted octanol–water partition coefficient (Wildman–Crippen LogP) is 4.50. The normalized spacial score (nSPS) is 17.9. The van der Waals surface area contributed by atoms with Gasteiger partial charge in [0.25, 0.3) is 5.91 Å². The summed E-state index contributed by atoms with van der Waals surface area (Å²) in [6.45, 7) is 4.88. The molecule has 1 atom stereocenters. The van der Waals surface area contributed by atoms with Crippen LogP contribution in [0.3, 0.4) is 0 Å². The van der Waals surface area contributed by atoms with Crippen LogP contribution in [0.15, 0.2) is 66.7 Å². The van der Waals surface area contributed by atoms with Crippen LogP contribution in [0.2, 0.25) is 0 Å². The fraction of sp³-hybridized carbons (Fsp3) is 0.333. The summed E-state index contributed by atoms with van der Waals surface area (Å²) in [7, 11) is 0. The van der Waals surface area contributed by atoms with Crippen molar-refractivity contribution in [1.29, 1.82) is 0 Å². The number of hydrogen-bond donors (Lipinski definition) is 1. The number of carbonyl (C=O) groups excluding carboxylic acids is 4. The molecule has 2 aliphatic heterocycles. The number of ether oxygens (including phenoxy) is 1. The van der Waals surface area contributed by atoms with Gasteiger partial charge in [-0.3, -0.25) is 34.3 Å². The molecule has 3 aromatic rings. The highest BCUT2D eigenvalue weighted by atomic mass is 19.1. The van der Waals surface area contributed by atoms with E-state index in [1.807, 2.05) is 24.3 Å². The lowest BCUT2D eigenvalue weighted by atomic mass is 9.89. The minimum atomic E-state index is -1.03. The second kappa shape index (κ2) is 13.1. The molecule has 8 nitrogen and oxygen atoms in total. The molecule has 9 heteroatoms. The van der Waals surface area contributed by atoms with Crippen molar-refractivity contribution in [3.05, 3.63) is 100 Å². The van der Waals surface area contributed by atoms with E-state index in [9.17, 15) is 23.6 Å². The summed E-state index contributed by atoms with van der Waals surface area (Å²) in [5.41, 5.74) is 4.21. The molecule has 0 saturated carbocycles. The molecule has 0 bridgehead atoms. The van der Waals surface area contributed by atoms with Crippen molar-refractivity contribution in [3.63, 3.8) is 0 Å². The highest BCUT2D eigenvalue weighted by Gasteiger charge is 2.35. The molecule has 2 saturated heterocycles. The van der Waals surface area contributed by atoms with Crippen molar-refractivity contribution >= 4 is 24.1 Å². The Morgan fingerprint density at radius 2 is 1.69 bits per heavy atom. The van der Waals surface area contributed by atoms with Crippen LogP contribution in [-0.4, -0.2) is 53.1 Å². The second-order valence-corrected chi connectivity index (χ2v) is 10.9. The Labute approximate surface area is 244 Å². The molecule has 2 heterocycles. The molecule has 4 amide bonds. The van der Waals surface area contributed by atoms with Crippen molar-refractivity contribution in [3.8, 4) is 5.75 Å². The van der Waals surface area contributed by atoms with E-state index in [0.717, 1.165) is 42.9 Å². The Morgan fingerprint density at radius 3 is 2.36 bits per heavy atom. The van der Waals surface area contributed by atoms with Crippen molar-refractivity contribution < 1.29 is 28.3 Å². The molecule has 0 aromatic heterocycles. The summed E-state index contributed by atoms with van der Waals surface area (Å²) in [6.07, 6.45) is 2.59. The summed E-state index contributed by atoms with van der Waals surface area (Å²) in [5, 5.41) is 2.18. The van der Waals surface area contributed by atoms with E-state index in [2.05, 4.69) is 22.3 Å². The molecule has 0 radical (unpaired) electrons. The molecular weight excluding hydrogens is 537 g/mol. The zero-order valence-electron chi connectivity index (χ0n) is 23.6. The highest BCUT2D eigenvalue weighted by molar-refractivity contribution is 6.07. The number of rotatable bonds is 9. The van der Waals surface area contributed by atoms with Gasteiger partial charge in [-0.15, -0.1) is 0 Å². The Morgan fingerprint density at radius 1 is 1.00 bits per heavy atom. The van der Waals surface area contributed by atoms with E-state index in [1.165, 1.54) is 23.3 Å². The van der Waals surface area contributed by atoms with E-state index in [1.54, 1.807) is 25.1 Å². The minimum Gasteiger partial charge on any atom is -0.489 e. The third-order valence-electron chi connectivity index (χ3n) is 8.16. The average molecular weight is 572 g/mol. The minimum absolute atomic E-state index is 0.0605. The molecular formula is C33H34FN3O5. The number of imide groups is 2. The maximum atomic E-state index is 13.2. The zero-order chi connectivity index (χ0) is 29.6. The summed E-state index contributed by atoms with van der Waals surface area (Å²) in [6, 6.07) is 19.1. The number of piperidine rings is 2. The van der Waals surface area contributed by atoms with Gasteiger partial charge in [0, 0.05) is 24.1 Å². The second-order valence-electron chi connectivity index (χ2n) is 10.9. The first-order valence-corrected chi connectivity index (χ1v) is 14.2. The number of benzene rings is 3. The van der Waals surface area contributed by atoms with Crippen molar-refractivity contribution in [2.45, 2.75) is 57.7 Å². The summed E-state index contributed by atoms with van der Waals surface area (Å²) in [5.74, 6) is -0.919. The molecule has 5 rings (SSSR count). The first kappa shape index (κ1) is 29.1. The largest absolute Gasteiger partial charge is 0.489 e. The number of likely N-dealkylation sites (tertiary alicyclic amines) is 1. The van der Waals surface area contributed by atoms with Crippen molar-refractivity contribution in [1.82, 2.24) is 15.1 Å². The van der Waals surface area contributed by atoms with Gasteiger partial charge in [0.15, 0.2) is 0 Å². The lowest BCUT2D eigenvalue weighted by Crippen LogP contribution is -2.53. The van der Waals surface area contributed by atoms with Gasteiger partial charge in [0.2, 0.25) is 18.2 Å². The van der Waals surface area contributed by atoms with Gasteiger partial charge in [0.1, 0.15) is 24.2 Å². The fourth-order valence-corrected chi connectivity index (χ4v) is 5.67. The fourth-order valence-electron chi connectivity index (χ4n) is 5.67. The van der Waals surface area contributed by atoms with E-state index < -0.39 is 23.8 Å². The van der Waals surface area contributed by atoms with Gasteiger partial charge in [0.05, 0.1) is 0 Å². The van der Waals surface area contributed by atoms with E-state index >= 15 is 0 Å². The van der Waals surface area contributed by atoms with Crippen LogP contribution < -0.4 is 10.1 Å². The van der Waals surface area contributed by atoms with Gasteiger partial charge in [-0.2, -0.15) is 0 Å². The average Bonchev–Trinajstić information content (AvgIpc) is 2.99. The molecule has 0 aliphatic carbocycles. The van der Waals surface area contributed by atoms with Crippen LogP contribution in [-0.2, 0) is 27.5 Å². The molecule has 2 aliphatic rings. The van der Waals surface area contributed by atoms with Crippen LogP contribution >= 0.6 is 0 Å². The number of nitrogens with one attached hydrogen (secondary N) is 1. The number of hydrogen-bond acceptors (Lipinski definition) is 6. The molecule has 3 aromatic carbocycles. The third kappa shape index (κ3) is 6.74. The van der Waals surface area contributed by atoms with Gasteiger partial charge in [-0.1, -0.05) is 42.5 Å². The van der Waals surface area contributed by atoms with Gasteiger partial charge < -0.3 is 4.74 Å². The van der Waals surface area contributed by atoms with E-state index in [4.69, 9.17) is 4.74 Å². The zero-order valence-corrected chi connectivity index (χ0v) is 23.6. The van der Waals surface area contributed by atoms with E-state index in [0.29, 0.717) is 30.2 Å². The van der Waals surface area contributed by atoms with Crippen LogP contribution in [0, 0.1) is 12.7 Å². The first-order valence-electron chi connectivity index (χ1n) is 14.2.